The fourth-order valence-electron chi connectivity index (χ4n) is 1.79. The third-order valence-corrected chi connectivity index (χ3v) is 4.26. The lowest BCUT2D eigenvalue weighted by Gasteiger charge is -2.08. The van der Waals surface area contributed by atoms with Crippen LogP contribution in [-0.4, -0.2) is 27.8 Å². The van der Waals surface area contributed by atoms with Crippen molar-refractivity contribution in [1.82, 2.24) is 5.32 Å². The molecule has 0 amide bonds. The van der Waals surface area contributed by atoms with Crippen LogP contribution >= 0.6 is 0 Å². The molecule has 0 aliphatic carbocycles. The summed E-state index contributed by atoms with van der Waals surface area (Å²) in [6.45, 7) is 2.87. The van der Waals surface area contributed by atoms with E-state index in [1.54, 1.807) is 0 Å². The highest BCUT2D eigenvalue weighted by atomic mass is 32.2. The molecule has 0 saturated carbocycles. The minimum absolute atomic E-state index is 0.144. The number of nitrogens with one attached hydrogen (secondary N) is 2. The van der Waals surface area contributed by atoms with E-state index in [4.69, 9.17) is 0 Å². The van der Waals surface area contributed by atoms with Crippen LogP contribution in [0.25, 0.3) is 0 Å². The maximum atomic E-state index is 11.8. The third-order valence-electron chi connectivity index (χ3n) is 2.89. The topological polar surface area (TPSA) is 58.2 Å². The average molecular weight is 284 g/mol. The van der Waals surface area contributed by atoms with Gasteiger partial charge in [-0.05, 0) is 50.6 Å². The van der Waals surface area contributed by atoms with Gasteiger partial charge >= 0.3 is 0 Å². The molecule has 108 valence electrons. The second-order valence-corrected chi connectivity index (χ2v) is 6.52. The molecule has 0 heterocycles. The van der Waals surface area contributed by atoms with Crippen LogP contribution in [0, 0.1) is 0 Å². The maximum absolute atomic E-state index is 11.8. The molecule has 5 heteroatoms. The maximum Gasteiger partial charge on any atom is 0.232 e. The van der Waals surface area contributed by atoms with Gasteiger partial charge in [0.25, 0.3) is 0 Å². The zero-order valence-corrected chi connectivity index (χ0v) is 12.6. The Balaban J connectivity index is 2.52. The van der Waals surface area contributed by atoms with Crippen molar-refractivity contribution in [3.05, 3.63) is 29.8 Å². The average Bonchev–Trinajstić information content (AvgIpc) is 2.38. The molecule has 0 radical (unpaired) electrons. The molecule has 4 nitrogen and oxygen atoms in total. The Kier molecular flexibility index (Phi) is 6.87. The van der Waals surface area contributed by atoms with Gasteiger partial charge in [0.1, 0.15) is 0 Å². The smallest absolute Gasteiger partial charge is 0.232 e. The molecule has 19 heavy (non-hydrogen) atoms. The first kappa shape index (κ1) is 16.0. The molecular formula is C14H24N2O2S. The summed E-state index contributed by atoms with van der Waals surface area (Å²) in [5.41, 5.74) is 1.89. The first-order valence-corrected chi connectivity index (χ1v) is 8.46. The summed E-state index contributed by atoms with van der Waals surface area (Å²) < 4.78 is 26.2. The monoisotopic (exact) mass is 284 g/mol. The van der Waals surface area contributed by atoms with Crippen LogP contribution in [0.3, 0.4) is 0 Å². The lowest BCUT2D eigenvalue weighted by Crippen LogP contribution is -2.20. The molecule has 0 aliphatic rings. The van der Waals surface area contributed by atoms with E-state index < -0.39 is 10.0 Å². The summed E-state index contributed by atoms with van der Waals surface area (Å²) in [6, 6.07) is 7.64. The largest absolute Gasteiger partial charge is 0.320 e. The van der Waals surface area contributed by atoms with Crippen molar-refractivity contribution in [1.29, 1.82) is 0 Å². The van der Waals surface area contributed by atoms with Gasteiger partial charge in [-0.3, -0.25) is 4.72 Å². The second kappa shape index (κ2) is 8.17. The Labute approximate surface area is 116 Å². The highest BCUT2D eigenvalue weighted by Gasteiger charge is 2.09. The van der Waals surface area contributed by atoms with E-state index in [2.05, 4.69) is 17.0 Å². The molecule has 2 N–H and O–H groups in total. The van der Waals surface area contributed by atoms with Crippen LogP contribution < -0.4 is 10.0 Å². The van der Waals surface area contributed by atoms with E-state index in [-0.39, 0.29) is 5.75 Å². The summed E-state index contributed by atoms with van der Waals surface area (Å²) in [6.07, 6.45) is 3.99. The molecule has 0 unspecified atom stereocenters. The van der Waals surface area contributed by atoms with Crippen LogP contribution in [0.2, 0.25) is 0 Å². The summed E-state index contributed by atoms with van der Waals surface area (Å²) in [4.78, 5) is 0. The van der Waals surface area contributed by atoms with Gasteiger partial charge in [0.15, 0.2) is 0 Å². The van der Waals surface area contributed by atoms with Gasteiger partial charge in [-0.2, -0.15) is 0 Å². The lowest BCUT2D eigenvalue weighted by molar-refractivity contribution is 0.597. The van der Waals surface area contributed by atoms with Gasteiger partial charge in [-0.25, -0.2) is 8.42 Å². The Morgan fingerprint density at radius 3 is 2.37 bits per heavy atom. The zero-order chi connectivity index (χ0) is 14.1. The predicted molar refractivity (Wildman–Crippen MR) is 81.0 cm³/mol. The Hall–Kier alpha value is -1.07. The number of benzene rings is 1. The third kappa shape index (κ3) is 6.59. The van der Waals surface area contributed by atoms with Gasteiger partial charge in [-0.15, -0.1) is 0 Å². The van der Waals surface area contributed by atoms with Crippen molar-refractivity contribution in [3.63, 3.8) is 0 Å². The van der Waals surface area contributed by atoms with Gasteiger partial charge in [-0.1, -0.05) is 25.5 Å². The fourth-order valence-corrected chi connectivity index (χ4v) is 2.91. The number of hydrogen-bond donors (Lipinski definition) is 2. The van der Waals surface area contributed by atoms with E-state index in [0.717, 1.165) is 12.8 Å². The van der Waals surface area contributed by atoms with Crippen LogP contribution in [0.5, 0.6) is 0 Å². The first-order valence-electron chi connectivity index (χ1n) is 6.81. The van der Waals surface area contributed by atoms with Crippen molar-refractivity contribution in [2.75, 3.05) is 24.1 Å². The molecule has 0 aromatic heterocycles. The van der Waals surface area contributed by atoms with Crippen LogP contribution in [-0.2, 0) is 16.4 Å². The molecule has 1 aromatic carbocycles. The van der Waals surface area contributed by atoms with E-state index >= 15 is 0 Å². The molecular weight excluding hydrogens is 260 g/mol. The zero-order valence-electron chi connectivity index (χ0n) is 11.8. The van der Waals surface area contributed by atoms with Gasteiger partial charge in [0, 0.05) is 5.69 Å². The fraction of sp³-hybridized carbons (Fsp3) is 0.571. The second-order valence-electron chi connectivity index (χ2n) is 4.68. The van der Waals surface area contributed by atoms with E-state index in [1.165, 1.54) is 12.0 Å². The minimum atomic E-state index is -3.23. The van der Waals surface area contributed by atoms with Crippen LogP contribution in [0.1, 0.15) is 31.7 Å². The van der Waals surface area contributed by atoms with Gasteiger partial charge < -0.3 is 5.32 Å². The number of hydrogen-bond acceptors (Lipinski definition) is 3. The Morgan fingerprint density at radius 1 is 1.11 bits per heavy atom. The molecule has 0 saturated heterocycles. The van der Waals surface area contributed by atoms with Crippen molar-refractivity contribution in [2.45, 2.75) is 32.6 Å². The number of unbranched alkanes of at least 4 members (excludes halogenated alkanes) is 1. The Morgan fingerprint density at radius 2 is 1.79 bits per heavy atom. The summed E-state index contributed by atoms with van der Waals surface area (Å²) in [7, 11) is -1.41. The number of anilines is 1. The Bertz CT molecular complexity index is 455. The normalized spacial score (nSPS) is 11.5. The molecule has 0 aliphatic heterocycles. The SMILES string of the molecule is CCCCc1ccc(NS(=O)(=O)CCCNC)cc1. The molecule has 0 spiro atoms. The van der Waals surface area contributed by atoms with Crippen LogP contribution in [0.15, 0.2) is 24.3 Å². The molecule has 1 aromatic rings. The summed E-state index contributed by atoms with van der Waals surface area (Å²) in [5.74, 6) is 0.144. The highest BCUT2D eigenvalue weighted by molar-refractivity contribution is 7.92. The molecule has 0 fully saturated rings. The quantitative estimate of drug-likeness (QED) is 0.685. The van der Waals surface area contributed by atoms with E-state index in [9.17, 15) is 8.42 Å². The molecule has 0 bridgehead atoms. The summed E-state index contributed by atoms with van der Waals surface area (Å²) in [5, 5.41) is 2.94. The van der Waals surface area contributed by atoms with Crippen molar-refractivity contribution in [2.24, 2.45) is 0 Å². The number of aryl methyl sites for hydroxylation is 1. The van der Waals surface area contributed by atoms with E-state index in [1.807, 2.05) is 31.3 Å². The van der Waals surface area contributed by atoms with Crippen molar-refractivity contribution < 1.29 is 8.42 Å². The van der Waals surface area contributed by atoms with Crippen LogP contribution in [0.4, 0.5) is 5.69 Å². The standard InChI is InChI=1S/C14H24N2O2S/c1-3-4-6-13-7-9-14(10-8-13)16-19(17,18)12-5-11-15-2/h7-10,15-16H,3-6,11-12H2,1-2H3. The number of sulfonamides is 1. The summed E-state index contributed by atoms with van der Waals surface area (Å²) >= 11 is 0. The van der Waals surface area contributed by atoms with Crippen molar-refractivity contribution in [3.8, 4) is 0 Å². The minimum Gasteiger partial charge on any atom is -0.320 e. The van der Waals surface area contributed by atoms with Gasteiger partial charge in [0.05, 0.1) is 5.75 Å². The predicted octanol–water partition coefficient (Wildman–Crippen LogP) is 2.38. The number of rotatable bonds is 9. The molecule has 1 rings (SSSR count). The lowest BCUT2D eigenvalue weighted by atomic mass is 10.1. The van der Waals surface area contributed by atoms with E-state index in [0.29, 0.717) is 18.7 Å². The van der Waals surface area contributed by atoms with Crippen molar-refractivity contribution >= 4 is 15.7 Å². The first-order chi connectivity index (χ1) is 9.07. The highest BCUT2D eigenvalue weighted by Crippen LogP contribution is 2.13. The molecule has 0 atom stereocenters. The van der Waals surface area contributed by atoms with Gasteiger partial charge in [0.2, 0.25) is 10.0 Å².